The van der Waals surface area contributed by atoms with E-state index in [2.05, 4.69) is 33.2 Å². The Hall–Kier alpha value is -0.450. The largest absolute Gasteiger partial charge is 0.330 e. The fourth-order valence-electron chi connectivity index (χ4n) is 1.17. The molecule has 0 aromatic carbocycles. The minimum atomic E-state index is 0.439. The lowest BCUT2D eigenvalue weighted by molar-refractivity contribution is 0.514. The van der Waals surface area contributed by atoms with Gasteiger partial charge in [0.2, 0.25) is 0 Å². The average molecular weight is 258 g/mol. The zero-order valence-corrected chi connectivity index (χ0v) is 9.92. The van der Waals surface area contributed by atoms with E-state index in [-0.39, 0.29) is 0 Å². The molecule has 4 heteroatoms. The van der Waals surface area contributed by atoms with Crippen molar-refractivity contribution in [3.05, 3.63) is 28.5 Å². The van der Waals surface area contributed by atoms with Crippen LogP contribution in [-0.4, -0.2) is 17.6 Å². The molecule has 0 saturated carbocycles. The molecule has 0 radical (unpaired) electrons. The first-order chi connectivity index (χ1) is 6.74. The second-order valence-electron chi connectivity index (χ2n) is 3.29. The van der Waals surface area contributed by atoms with Gasteiger partial charge in [-0.05, 0) is 48.0 Å². The number of aromatic nitrogens is 1. The van der Waals surface area contributed by atoms with Crippen LogP contribution in [-0.2, 0) is 6.54 Å². The first kappa shape index (κ1) is 11.6. The zero-order chi connectivity index (χ0) is 10.4. The predicted octanol–water partition coefficient (Wildman–Crippen LogP) is 1.67. The second-order valence-corrected chi connectivity index (χ2v) is 4.15. The number of hydrogen-bond acceptors (Lipinski definition) is 3. The molecule has 0 aliphatic carbocycles. The van der Waals surface area contributed by atoms with Gasteiger partial charge in [-0.25, -0.2) is 0 Å². The van der Waals surface area contributed by atoms with Gasteiger partial charge in [0.15, 0.2) is 0 Å². The summed E-state index contributed by atoms with van der Waals surface area (Å²) in [5.41, 5.74) is 6.50. The highest BCUT2D eigenvalue weighted by atomic mass is 79.9. The molecule has 0 amide bonds. The van der Waals surface area contributed by atoms with Crippen LogP contribution in [0.15, 0.2) is 22.8 Å². The van der Waals surface area contributed by atoms with Gasteiger partial charge in [0.1, 0.15) is 0 Å². The van der Waals surface area contributed by atoms with Gasteiger partial charge in [0.05, 0.1) is 5.69 Å². The predicted molar refractivity (Wildman–Crippen MR) is 61.9 cm³/mol. The number of nitrogens with zero attached hydrogens (tertiary/aromatic N) is 1. The highest BCUT2D eigenvalue weighted by Crippen LogP contribution is 2.12. The number of nitrogens with one attached hydrogen (secondary N) is 1. The Kier molecular flexibility index (Phi) is 5.07. The molecule has 1 aromatic rings. The third kappa shape index (κ3) is 3.74. The van der Waals surface area contributed by atoms with Crippen LogP contribution < -0.4 is 11.1 Å². The van der Waals surface area contributed by atoms with Crippen molar-refractivity contribution in [3.63, 3.8) is 0 Å². The molecule has 1 atom stereocenters. The Morgan fingerprint density at radius 1 is 1.64 bits per heavy atom. The lowest BCUT2D eigenvalue weighted by atomic mass is 10.2. The van der Waals surface area contributed by atoms with Crippen LogP contribution >= 0.6 is 15.9 Å². The van der Waals surface area contributed by atoms with E-state index in [1.54, 1.807) is 6.20 Å². The Balaban J connectivity index is 2.41. The summed E-state index contributed by atoms with van der Waals surface area (Å²) in [4.78, 5) is 4.27. The Labute approximate surface area is 93.2 Å². The van der Waals surface area contributed by atoms with Crippen LogP contribution in [0.1, 0.15) is 19.0 Å². The highest BCUT2D eigenvalue weighted by Gasteiger charge is 2.03. The van der Waals surface area contributed by atoms with Crippen LogP contribution in [0, 0.1) is 0 Å². The lowest BCUT2D eigenvalue weighted by Crippen LogP contribution is -2.28. The maximum absolute atomic E-state index is 5.46. The molecule has 0 fully saturated rings. The van der Waals surface area contributed by atoms with Crippen molar-refractivity contribution < 1.29 is 0 Å². The standard InChI is InChI=1S/C10H16BrN3/c1-8(4-5-12)14-7-10-9(11)3-2-6-13-10/h2-3,6,8,14H,4-5,7,12H2,1H3. The molecule has 78 valence electrons. The van der Waals surface area contributed by atoms with E-state index < -0.39 is 0 Å². The van der Waals surface area contributed by atoms with E-state index >= 15 is 0 Å². The molecule has 14 heavy (non-hydrogen) atoms. The van der Waals surface area contributed by atoms with Gasteiger partial charge in [-0.3, -0.25) is 4.98 Å². The molecule has 1 heterocycles. The summed E-state index contributed by atoms with van der Waals surface area (Å²) in [6.45, 7) is 3.63. The van der Waals surface area contributed by atoms with Gasteiger partial charge in [-0.1, -0.05) is 0 Å². The van der Waals surface area contributed by atoms with E-state index in [0.29, 0.717) is 6.04 Å². The van der Waals surface area contributed by atoms with Crippen LogP contribution in [0.3, 0.4) is 0 Å². The number of nitrogens with two attached hydrogens (primary N) is 1. The van der Waals surface area contributed by atoms with Crippen molar-refractivity contribution >= 4 is 15.9 Å². The molecule has 0 bridgehead atoms. The molecule has 1 aromatic heterocycles. The topological polar surface area (TPSA) is 50.9 Å². The monoisotopic (exact) mass is 257 g/mol. The van der Waals surface area contributed by atoms with Crippen LogP contribution in [0.4, 0.5) is 0 Å². The van der Waals surface area contributed by atoms with Gasteiger partial charge >= 0.3 is 0 Å². The lowest BCUT2D eigenvalue weighted by Gasteiger charge is -2.12. The Morgan fingerprint density at radius 3 is 3.07 bits per heavy atom. The molecule has 3 nitrogen and oxygen atoms in total. The van der Waals surface area contributed by atoms with Gasteiger partial charge in [0, 0.05) is 23.3 Å². The highest BCUT2D eigenvalue weighted by molar-refractivity contribution is 9.10. The summed E-state index contributed by atoms with van der Waals surface area (Å²) in [5.74, 6) is 0. The molecule has 1 rings (SSSR count). The second kappa shape index (κ2) is 6.11. The summed E-state index contributed by atoms with van der Waals surface area (Å²) in [6, 6.07) is 4.35. The SMILES string of the molecule is CC(CCN)NCc1ncccc1Br. The molecule has 3 N–H and O–H groups in total. The van der Waals surface area contributed by atoms with Crippen LogP contribution in [0.25, 0.3) is 0 Å². The molecule has 1 unspecified atom stereocenters. The minimum absolute atomic E-state index is 0.439. The van der Waals surface area contributed by atoms with E-state index in [0.717, 1.165) is 29.7 Å². The summed E-state index contributed by atoms with van der Waals surface area (Å²) >= 11 is 3.46. The van der Waals surface area contributed by atoms with Gasteiger partial charge in [0.25, 0.3) is 0 Å². The third-order valence-electron chi connectivity index (χ3n) is 2.05. The number of halogens is 1. The molecule has 0 aliphatic heterocycles. The normalized spacial score (nSPS) is 12.8. The minimum Gasteiger partial charge on any atom is -0.330 e. The number of pyridine rings is 1. The molecular weight excluding hydrogens is 242 g/mol. The number of rotatable bonds is 5. The van der Waals surface area contributed by atoms with Crippen molar-refractivity contribution in [3.8, 4) is 0 Å². The van der Waals surface area contributed by atoms with E-state index in [1.807, 2.05) is 12.1 Å². The summed E-state index contributed by atoms with van der Waals surface area (Å²) in [7, 11) is 0. The molecule has 0 aliphatic rings. The Bertz CT molecular complexity index is 278. The number of hydrogen-bond donors (Lipinski definition) is 2. The zero-order valence-electron chi connectivity index (χ0n) is 8.33. The fourth-order valence-corrected chi connectivity index (χ4v) is 1.57. The maximum atomic E-state index is 5.46. The van der Waals surface area contributed by atoms with Crippen molar-refractivity contribution in [2.75, 3.05) is 6.54 Å². The first-order valence-electron chi connectivity index (χ1n) is 4.77. The molecule has 0 saturated heterocycles. The van der Waals surface area contributed by atoms with Crippen LogP contribution in [0.5, 0.6) is 0 Å². The van der Waals surface area contributed by atoms with E-state index in [1.165, 1.54) is 0 Å². The fraction of sp³-hybridized carbons (Fsp3) is 0.500. The summed E-state index contributed by atoms with van der Waals surface area (Å²) in [5, 5.41) is 3.37. The van der Waals surface area contributed by atoms with E-state index in [9.17, 15) is 0 Å². The first-order valence-corrected chi connectivity index (χ1v) is 5.56. The van der Waals surface area contributed by atoms with Gasteiger partial charge in [-0.2, -0.15) is 0 Å². The van der Waals surface area contributed by atoms with Gasteiger partial charge in [-0.15, -0.1) is 0 Å². The molecule has 0 spiro atoms. The van der Waals surface area contributed by atoms with Crippen molar-refractivity contribution in [2.24, 2.45) is 5.73 Å². The summed E-state index contributed by atoms with van der Waals surface area (Å²) < 4.78 is 1.05. The van der Waals surface area contributed by atoms with E-state index in [4.69, 9.17) is 5.73 Å². The molecular formula is C10H16BrN3. The van der Waals surface area contributed by atoms with Crippen molar-refractivity contribution in [1.29, 1.82) is 0 Å². The summed E-state index contributed by atoms with van der Waals surface area (Å²) in [6.07, 6.45) is 2.79. The van der Waals surface area contributed by atoms with Crippen LogP contribution in [0.2, 0.25) is 0 Å². The maximum Gasteiger partial charge on any atom is 0.0683 e. The smallest absolute Gasteiger partial charge is 0.0683 e. The average Bonchev–Trinajstić information content (AvgIpc) is 2.17. The van der Waals surface area contributed by atoms with Crippen molar-refractivity contribution in [1.82, 2.24) is 10.3 Å². The quantitative estimate of drug-likeness (QED) is 0.844. The Morgan fingerprint density at radius 2 is 2.43 bits per heavy atom. The van der Waals surface area contributed by atoms with Crippen molar-refractivity contribution in [2.45, 2.75) is 25.9 Å². The van der Waals surface area contributed by atoms with Gasteiger partial charge < -0.3 is 11.1 Å². The third-order valence-corrected chi connectivity index (χ3v) is 2.77.